The lowest BCUT2D eigenvalue weighted by Crippen LogP contribution is -2.47. The van der Waals surface area contributed by atoms with Crippen molar-refractivity contribution in [2.45, 2.75) is 31.2 Å². The maximum atomic E-state index is 12.6. The minimum absolute atomic E-state index is 0.250. The van der Waals surface area contributed by atoms with Gasteiger partial charge in [-0.15, -0.1) is 0 Å². The van der Waals surface area contributed by atoms with Crippen molar-refractivity contribution >= 4 is 11.9 Å². The van der Waals surface area contributed by atoms with Gasteiger partial charge in [0.1, 0.15) is 0 Å². The molecule has 2 N–H and O–H groups in total. The summed E-state index contributed by atoms with van der Waals surface area (Å²) in [6.45, 7) is 0.998. The minimum Gasteiger partial charge on any atom is -0.478 e. The van der Waals surface area contributed by atoms with Crippen molar-refractivity contribution < 1.29 is 19.4 Å². The molecule has 1 aliphatic carbocycles. The van der Waals surface area contributed by atoms with Crippen LogP contribution in [0.5, 0.6) is 0 Å². The molecule has 1 aliphatic heterocycles. The summed E-state index contributed by atoms with van der Waals surface area (Å²) in [7, 11) is 0. The van der Waals surface area contributed by atoms with Gasteiger partial charge in [0.2, 0.25) is 5.91 Å². The maximum Gasteiger partial charge on any atom is 0.332 e. The molecule has 1 aromatic rings. The van der Waals surface area contributed by atoms with E-state index < -0.39 is 11.5 Å². The molecular weight excluding hydrogens is 282 g/mol. The molecule has 0 aromatic heterocycles. The summed E-state index contributed by atoms with van der Waals surface area (Å²) in [6.07, 6.45) is 2.41. The Hall–Kier alpha value is -2.14. The van der Waals surface area contributed by atoms with E-state index in [4.69, 9.17) is 4.74 Å². The smallest absolute Gasteiger partial charge is 0.332 e. The Morgan fingerprint density at radius 3 is 2.50 bits per heavy atom. The number of ether oxygens (including phenoxy) is 1. The number of hydrogen-bond donors (Lipinski definition) is 2. The van der Waals surface area contributed by atoms with Crippen molar-refractivity contribution in [2.24, 2.45) is 0 Å². The zero-order valence-electron chi connectivity index (χ0n) is 12.3. The molecule has 0 spiro atoms. The van der Waals surface area contributed by atoms with Crippen molar-refractivity contribution in [3.8, 4) is 0 Å². The number of carboxylic acids is 1. The first-order valence-electron chi connectivity index (χ1n) is 7.53. The van der Waals surface area contributed by atoms with E-state index in [-0.39, 0.29) is 11.5 Å². The third kappa shape index (κ3) is 2.64. The van der Waals surface area contributed by atoms with E-state index in [2.05, 4.69) is 5.32 Å². The molecule has 1 aromatic carbocycles. The Morgan fingerprint density at radius 1 is 1.14 bits per heavy atom. The van der Waals surface area contributed by atoms with E-state index in [0.717, 1.165) is 12.0 Å². The normalized spacial score (nSPS) is 24.5. The minimum atomic E-state index is -0.987. The molecule has 5 heteroatoms. The molecule has 1 heterocycles. The molecule has 0 radical (unpaired) electrons. The van der Waals surface area contributed by atoms with E-state index in [9.17, 15) is 14.7 Å². The van der Waals surface area contributed by atoms with Crippen LogP contribution in [0.3, 0.4) is 0 Å². The molecule has 1 saturated heterocycles. The van der Waals surface area contributed by atoms with Crippen LogP contribution >= 0.6 is 0 Å². The maximum absolute atomic E-state index is 12.6. The summed E-state index contributed by atoms with van der Waals surface area (Å²) in [5, 5.41) is 12.3. The second kappa shape index (κ2) is 5.93. The van der Waals surface area contributed by atoms with Crippen molar-refractivity contribution in [1.82, 2.24) is 5.32 Å². The quantitative estimate of drug-likeness (QED) is 0.891. The van der Waals surface area contributed by atoms with Crippen LogP contribution in [0.25, 0.3) is 0 Å². The van der Waals surface area contributed by atoms with Gasteiger partial charge < -0.3 is 15.2 Å². The van der Waals surface area contributed by atoms with Crippen LogP contribution in [-0.2, 0) is 19.9 Å². The summed E-state index contributed by atoms with van der Waals surface area (Å²) in [5.74, 6) is -1.26. The fourth-order valence-corrected chi connectivity index (χ4v) is 3.24. The first-order chi connectivity index (χ1) is 10.6. The van der Waals surface area contributed by atoms with Gasteiger partial charge in [0.15, 0.2) is 0 Å². The summed E-state index contributed by atoms with van der Waals surface area (Å²) < 4.78 is 5.51. The molecule has 1 atom stereocenters. The predicted octanol–water partition coefficient (Wildman–Crippen LogP) is 1.98. The van der Waals surface area contributed by atoms with Crippen LogP contribution in [0.15, 0.2) is 41.5 Å². The Kier molecular flexibility index (Phi) is 3.98. The Labute approximate surface area is 129 Å². The third-order valence-corrected chi connectivity index (χ3v) is 4.45. The van der Waals surface area contributed by atoms with E-state index in [1.54, 1.807) is 0 Å². The zero-order valence-corrected chi connectivity index (χ0v) is 12.3. The highest BCUT2D eigenvalue weighted by Crippen LogP contribution is 2.33. The number of benzene rings is 1. The molecule has 116 valence electrons. The van der Waals surface area contributed by atoms with Crippen LogP contribution in [0, 0.1) is 0 Å². The van der Waals surface area contributed by atoms with E-state index in [0.29, 0.717) is 38.0 Å². The monoisotopic (exact) mass is 301 g/mol. The van der Waals surface area contributed by atoms with Gasteiger partial charge >= 0.3 is 5.97 Å². The van der Waals surface area contributed by atoms with Crippen LogP contribution in [-0.4, -0.2) is 30.2 Å². The highest BCUT2D eigenvalue weighted by Gasteiger charge is 2.39. The Morgan fingerprint density at radius 2 is 1.86 bits per heavy atom. The highest BCUT2D eigenvalue weighted by atomic mass is 16.5. The number of hydrogen-bond acceptors (Lipinski definition) is 3. The van der Waals surface area contributed by atoms with Gasteiger partial charge in [0.05, 0.1) is 12.1 Å². The Bertz CT molecular complexity index is 615. The SMILES string of the molecule is O=C(O)C1=C(C(=O)NC2(c3ccccc3)CCOC2)CCC1. The second-order valence-electron chi connectivity index (χ2n) is 5.82. The predicted molar refractivity (Wildman–Crippen MR) is 80.2 cm³/mol. The average molecular weight is 301 g/mol. The number of rotatable bonds is 4. The molecule has 0 saturated carbocycles. The first-order valence-corrected chi connectivity index (χ1v) is 7.53. The third-order valence-electron chi connectivity index (χ3n) is 4.45. The molecule has 5 nitrogen and oxygen atoms in total. The van der Waals surface area contributed by atoms with E-state index in [1.165, 1.54) is 0 Å². The summed E-state index contributed by atoms with van der Waals surface area (Å²) in [5.41, 5.74) is 1.10. The van der Waals surface area contributed by atoms with Crippen molar-refractivity contribution in [2.75, 3.05) is 13.2 Å². The topological polar surface area (TPSA) is 75.6 Å². The lowest BCUT2D eigenvalue weighted by molar-refractivity contribution is -0.133. The lowest BCUT2D eigenvalue weighted by Gasteiger charge is -2.29. The summed E-state index contributed by atoms with van der Waals surface area (Å²) in [6, 6.07) is 9.72. The molecule has 3 rings (SSSR count). The van der Waals surface area contributed by atoms with Gasteiger partial charge in [-0.05, 0) is 24.8 Å². The number of amides is 1. The second-order valence-corrected chi connectivity index (χ2v) is 5.82. The van der Waals surface area contributed by atoms with Gasteiger partial charge in [-0.2, -0.15) is 0 Å². The van der Waals surface area contributed by atoms with Crippen molar-refractivity contribution in [1.29, 1.82) is 0 Å². The molecule has 1 amide bonds. The number of carboxylic acid groups (broad SMARTS) is 1. The molecule has 1 unspecified atom stereocenters. The average Bonchev–Trinajstić information content (AvgIpc) is 3.18. The summed E-state index contributed by atoms with van der Waals surface area (Å²) >= 11 is 0. The largest absolute Gasteiger partial charge is 0.478 e. The molecule has 22 heavy (non-hydrogen) atoms. The van der Waals surface area contributed by atoms with Crippen molar-refractivity contribution in [3.63, 3.8) is 0 Å². The van der Waals surface area contributed by atoms with Gasteiger partial charge in [0.25, 0.3) is 0 Å². The molecule has 2 aliphatic rings. The standard InChI is InChI=1S/C17H19NO4/c19-15(13-7-4-8-14(13)16(20)21)18-17(9-10-22-11-17)12-5-2-1-3-6-12/h1-3,5-6H,4,7-11H2,(H,18,19)(H,20,21). The van der Waals surface area contributed by atoms with Gasteiger partial charge in [-0.3, -0.25) is 4.79 Å². The number of carbonyl (C=O) groups is 2. The van der Waals surface area contributed by atoms with E-state index >= 15 is 0 Å². The van der Waals surface area contributed by atoms with Gasteiger partial charge in [-0.1, -0.05) is 30.3 Å². The lowest BCUT2D eigenvalue weighted by atomic mass is 9.88. The fourth-order valence-electron chi connectivity index (χ4n) is 3.24. The fraction of sp³-hybridized carbons (Fsp3) is 0.412. The number of carbonyl (C=O) groups excluding carboxylic acids is 1. The zero-order chi connectivity index (χ0) is 15.6. The Balaban J connectivity index is 1.88. The van der Waals surface area contributed by atoms with Crippen LogP contribution in [0.2, 0.25) is 0 Å². The highest BCUT2D eigenvalue weighted by molar-refractivity contribution is 6.03. The summed E-state index contributed by atoms with van der Waals surface area (Å²) in [4.78, 5) is 23.8. The molecular formula is C17H19NO4. The first kappa shape index (κ1) is 14.8. The number of nitrogens with one attached hydrogen (secondary N) is 1. The van der Waals surface area contributed by atoms with Gasteiger partial charge in [0, 0.05) is 24.2 Å². The van der Waals surface area contributed by atoms with Crippen molar-refractivity contribution in [3.05, 3.63) is 47.0 Å². The molecule has 1 fully saturated rings. The van der Waals surface area contributed by atoms with Crippen LogP contribution < -0.4 is 5.32 Å². The molecule has 0 bridgehead atoms. The van der Waals surface area contributed by atoms with E-state index in [1.807, 2.05) is 30.3 Å². The van der Waals surface area contributed by atoms with Gasteiger partial charge in [-0.25, -0.2) is 4.79 Å². The van der Waals surface area contributed by atoms with Crippen LogP contribution in [0.1, 0.15) is 31.2 Å². The number of aliphatic carboxylic acids is 1. The van der Waals surface area contributed by atoms with Crippen LogP contribution in [0.4, 0.5) is 0 Å².